The molecule has 0 fully saturated rings. The van der Waals surface area contributed by atoms with Gasteiger partial charge in [-0.2, -0.15) is 0 Å². The largest absolute Gasteiger partial charge is 0.322 e. The molecule has 82 valence electrons. The van der Waals surface area contributed by atoms with Gasteiger partial charge in [-0.05, 0) is 31.0 Å². The van der Waals surface area contributed by atoms with E-state index in [0.29, 0.717) is 0 Å². The molecule has 2 heteroatoms. The van der Waals surface area contributed by atoms with Gasteiger partial charge in [0.15, 0.2) is 0 Å². The van der Waals surface area contributed by atoms with Crippen LogP contribution in [0.1, 0.15) is 19.4 Å². The summed E-state index contributed by atoms with van der Waals surface area (Å²) >= 11 is 0. The van der Waals surface area contributed by atoms with Gasteiger partial charge in [0.05, 0.1) is 0 Å². The fourth-order valence-electron chi connectivity index (χ4n) is 1.58. The lowest BCUT2D eigenvalue weighted by Crippen LogP contribution is -2.28. The summed E-state index contributed by atoms with van der Waals surface area (Å²) < 4.78 is 0. The molecule has 0 spiro atoms. The molecule has 2 nitrogen and oxygen atoms in total. The van der Waals surface area contributed by atoms with E-state index in [1.165, 1.54) is 5.56 Å². The van der Waals surface area contributed by atoms with Gasteiger partial charge in [0.2, 0.25) is 0 Å². The van der Waals surface area contributed by atoms with Crippen LogP contribution in [0.3, 0.4) is 0 Å². The maximum Gasteiger partial charge on any atom is 0.0367 e. The van der Waals surface area contributed by atoms with Gasteiger partial charge in [-0.15, -0.1) is 0 Å². The number of benzene rings is 1. The second-order valence-corrected chi connectivity index (χ2v) is 4.55. The molecule has 0 saturated carbocycles. The average molecular weight is 212 g/mol. The van der Waals surface area contributed by atoms with Crippen LogP contribution in [0.4, 0.5) is 0 Å². The molecule has 0 bridgehead atoms. The molecule has 2 N–H and O–H groups in total. The third kappa shape index (κ3) is 2.28. The lowest BCUT2D eigenvalue weighted by molar-refractivity contribution is 0.552. The van der Waals surface area contributed by atoms with Gasteiger partial charge >= 0.3 is 0 Å². The van der Waals surface area contributed by atoms with E-state index in [9.17, 15) is 0 Å². The molecule has 0 aliphatic rings. The van der Waals surface area contributed by atoms with E-state index in [1.807, 2.05) is 44.4 Å². The molecule has 0 unspecified atom stereocenters. The van der Waals surface area contributed by atoms with Crippen LogP contribution in [0.5, 0.6) is 0 Å². The highest BCUT2D eigenvalue weighted by atomic mass is 14.7. The van der Waals surface area contributed by atoms with E-state index in [4.69, 9.17) is 5.73 Å². The van der Waals surface area contributed by atoms with Crippen LogP contribution < -0.4 is 5.73 Å². The first kappa shape index (κ1) is 10.8. The maximum atomic E-state index is 6.06. The minimum Gasteiger partial charge on any atom is -0.322 e. The van der Waals surface area contributed by atoms with E-state index in [2.05, 4.69) is 23.2 Å². The van der Waals surface area contributed by atoms with Gasteiger partial charge in [-0.1, -0.05) is 30.3 Å². The van der Waals surface area contributed by atoms with E-state index in [-0.39, 0.29) is 5.54 Å². The summed E-state index contributed by atoms with van der Waals surface area (Å²) in [4.78, 5) is 4.25. The predicted molar refractivity (Wildman–Crippen MR) is 66.9 cm³/mol. The zero-order chi connectivity index (χ0) is 11.6. The van der Waals surface area contributed by atoms with Crippen LogP contribution in [0.15, 0.2) is 48.8 Å². The standard InChI is InChI=1S/C14H16N2/c1-14(2,15)13-8-12(9-16-10-13)11-6-4-3-5-7-11/h3-10H,15H2,1-2H3. The zero-order valence-corrected chi connectivity index (χ0v) is 9.64. The summed E-state index contributed by atoms with van der Waals surface area (Å²) in [6.07, 6.45) is 3.69. The van der Waals surface area contributed by atoms with E-state index >= 15 is 0 Å². The Kier molecular flexibility index (Phi) is 2.75. The van der Waals surface area contributed by atoms with Crippen molar-refractivity contribution in [1.29, 1.82) is 0 Å². The fourth-order valence-corrected chi connectivity index (χ4v) is 1.58. The summed E-state index contributed by atoms with van der Waals surface area (Å²) in [5.74, 6) is 0. The smallest absolute Gasteiger partial charge is 0.0367 e. The van der Waals surface area contributed by atoms with Crippen LogP contribution in [-0.2, 0) is 5.54 Å². The Morgan fingerprint density at radius 3 is 2.31 bits per heavy atom. The minimum absolute atomic E-state index is 0.349. The Bertz CT molecular complexity index is 470. The van der Waals surface area contributed by atoms with Gasteiger partial charge in [0, 0.05) is 23.5 Å². The Morgan fingerprint density at radius 1 is 1.00 bits per heavy atom. The summed E-state index contributed by atoms with van der Waals surface area (Å²) in [7, 11) is 0. The highest BCUT2D eigenvalue weighted by Gasteiger charge is 2.14. The van der Waals surface area contributed by atoms with Crippen LogP contribution in [-0.4, -0.2) is 4.98 Å². The van der Waals surface area contributed by atoms with Crippen LogP contribution in [0, 0.1) is 0 Å². The summed E-state index contributed by atoms with van der Waals surface area (Å²) in [6.45, 7) is 3.97. The topological polar surface area (TPSA) is 38.9 Å². The first-order valence-electron chi connectivity index (χ1n) is 5.37. The molecule has 16 heavy (non-hydrogen) atoms. The Hall–Kier alpha value is -1.67. The number of pyridine rings is 1. The zero-order valence-electron chi connectivity index (χ0n) is 9.64. The van der Waals surface area contributed by atoms with Crippen LogP contribution in [0.25, 0.3) is 11.1 Å². The van der Waals surface area contributed by atoms with Gasteiger partial charge in [-0.25, -0.2) is 0 Å². The van der Waals surface area contributed by atoms with Gasteiger partial charge in [0.1, 0.15) is 0 Å². The lowest BCUT2D eigenvalue weighted by atomic mass is 9.95. The lowest BCUT2D eigenvalue weighted by Gasteiger charge is -2.19. The second kappa shape index (κ2) is 4.06. The van der Waals surface area contributed by atoms with Gasteiger partial charge < -0.3 is 5.73 Å². The third-order valence-corrected chi connectivity index (χ3v) is 2.59. The highest BCUT2D eigenvalue weighted by Crippen LogP contribution is 2.23. The number of rotatable bonds is 2. The van der Waals surface area contributed by atoms with Crippen molar-refractivity contribution < 1.29 is 0 Å². The van der Waals surface area contributed by atoms with E-state index in [1.54, 1.807) is 0 Å². The molecular formula is C14H16N2. The molecule has 0 aliphatic heterocycles. The quantitative estimate of drug-likeness (QED) is 0.831. The Balaban J connectivity index is 2.45. The van der Waals surface area contributed by atoms with Crippen molar-refractivity contribution in [3.05, 3.63) is 54.4 Å². The number of hydrogen-bond donors (Lipinski definition) is 1. The van der Waals surface area contributed by atoms with Crippen molar-refractivity contribution in [2.75, 3.05) is 0 Å². The van der Waals surface area contributed by atoms with Crippen molar-refractivity contribution in [2.24, 2.45) is 5.73 Å². The minimum atomic E-state index is -0.349. The highest BCUT2D eigenvalue weighted by molar-refractivity contribution is 5.63. The predicted octanol–water partition coefficient (Wildman–Crippen LogP) is 2.94. The van der Waals surface area contributed by atoms with E-state index < -0.39 is 0 Å². The Morgan fingerprint density at radius 2 is 1.69 bits per heavy atom. The van der Waals surface area contributed by atoms with Gasteiger partial charge in [-0.3, -0.25) is 4.98 Å². The Labute approximate surface area is 96.1 Å². The SMILES string of the molecule is CC(C)(N)c1cncc(-c2ccccc2)c1. The molecule has 1 heterocycles. The molecule has 1 aromatic heterocycles. The number of aromatic nitrogens is 1. The summed E-state index contributed by atoms with van der Waals surface area (Å²) in [5.41, 5.74) is 9.04. The first-order valence-corrected chi connectivity index (χ1v) is 5.37. The monoisotopic (exact) mass is 212 g/mol. The number of nitrogens with zero attached hydrogens (tertiary/aromatic N) is 1. The molecule has 1 aromatic carbocycles. The van der Waals surface area contributed by atoms with Crippen LogP contribution in [0.2, 0.25) is 0 Å². The van der Waals surface area contributed by atoms with E-state index in [0.717, 1.165) is 11.1 Å². The fraction of sp³-hybridized carbons (Fsp3) is 0.214. The molecule has 0 radical (unpaired) electrons. The summed E-state index contributed by atoms with van der Waals surface area (Å²) in [6, 6.07) is 12.3. The van der Waals surface area contributed by atoms with Crippen molar-refractivity contribution in [1.82, 2.24) is 4.98 Å². The molecule has 2 aromatic rings. The molecular weight excluding hydrogens is 196 g/mol. The molecule has 0 saturated heterocycles. The third-order valence-electron chi connectivity index (χ3n) is 2.59. The normalized spacial score (nSPS) is 11.4. The number of hydrogen-bond acceptors (Lipinski definition) is 2. The first-order chi connectivity index (χ1) is 7.57. The van der Waals surface area contributed by atoms with Crippen molar-refractivity contribution in [2.45, 2.75) is 19.4 Å². The van der Waals surface area contributed by atoms with Gasteiger partial charge in [0.25, 0.3) is 0 Å². The maximum absolute atomic E-state index is 6.06. The average Bonchev–Trinajstić information content (AvgIpc) is 2.29. The van der Waals surface area contributed by atoms with Crippen molar-refractivity contribution in [3.63, 3.8) is 0 Å². The van der Waals surface area contributed by atoms with Crippen LogP contribution >= 0.6 is 0 Å². The number of nitrogens with two attached hydrogens (primary N) is 1. The molecule has 0 aliphatic carbocycles. The van der Waals surface area contributed by atoms with Crippen molar-refractivity contribution >= 4 is 0 Å². The molecule has 0 atom stereocenters. The summed E-state index contributed by atoms with van der Waals surface area (Å²) in [5, 5.41) is 0. The molecule has 0 amide bonds. The molecule has 2 rings (SSSR count). The van der Waals surface area contributed by atoms with Crippen molar-refractivity contribution in [3.8, 4) is 11.1 Å². The second-order valence-electron chi connectivity index (χ2n) is 4.55.